The summed E-state index contributed by atoms with van der Waals surface area (Å²) in [4.78, 5) is 22.7. The molecular weight excluding hydrogens is 302 g/mol. The van der Waals surface area contributed by atoms with Crippen LogP contribution in [0.1, 0.15) is 31.1 Å². The summed E-state index contributed by atoms with van der Waals surface area (Å²) < 4.78 is 15.9. The molecule has 0 spiro atoms. The quantitative estimate of drug-likeness (QED) is 0.636. The highest BCUT2D eigenvalue weighted by atomic mass is 16.5. The minimum Gasteiger partial charge on any atom is -0.494 e. The molecule has 7 nitrogen and oxygen atoms in total. The fourth-order valence-electron chi connectivity index (χ4n) is 1.78. The normalized spacial score (nSPS) is 11.6. The van der Waals surface area contributed by atoms with Crippen molar-refractivity contribution in [1.29, 1.82) is 0 Å². The molecule has 0 aliphatic rings. The van der Waals surface area contributed by atoms with Crippen LogP contribution in [0.3, 0.4) is 0 Å². The van der Waals surface area contributed by atoms with Gasteiger partial charge in [-0.1, -0.05) is 0 Å². The van der Waals surface area contributed by atoms with Crippen LogP contribution in [0.15, 0.2) is 18.2 Å². The number of amides is 1. The number of rotatable bonds is 10. The Morgan fingerprint density at radius 3 is 2.17 bits per heavy atom. The number of carboxylic acid groups (broad SMARTS) is 1. The zero-order valence-corrected chi connectivity index (χ0v) is 13.6. The van der Waals surface area contributed by atoms with Gasteiger partial charge >= 0.3 is 5.97 Å². The van der Waals surface area contributed by atoms with Crippen molar-refractivity contribution in [2.75, 3.05) is 26.4 Å². The second-order valence-corrected chi connectivity index (χ2v) is 4.67. The van der Waals surface area contributed by atoms with Gasteiger partial charge in [-0.2, -0.15) is 0 Å². The highest BCUT2D eigenvalue weighted by Gasteiger charge is 2.12. The number of carbonyl (C=O) groups is 2. The lowest BCUT2D eigenvalue weighted by Crippen LogP contribution is -2.30. The Morgan fingerprint density at radius 1 is 1.13 bits per heavy atom. The summed E-state index contributed by atoms with van der Waals surface area (Å²) in [7, 11) is 0. The van der Waals surface area contributed by atoms with Crippen molar-refractivity contribution in [3.05, 3.63) is 23.8 Å². The van der Waals surface area contributed by atoms with E-state index in [9.17, 15) is 9.59 Å². The number of nitrogens with one attached hydrogen (secondary N) is 1. The molecule has 7 heteroatoms. The molecule has 0 saturated carbocycles. The molecule has 1 atom stereocenters. The van der Waals surface area contributed by atoms with Crippen LogP contribution in [0.4, 0.5) is 0 Å². The van der Waals surface area contributed by atoms with Gasteiger partial charge < -0.3 is 24.6 Å². The lowest BCUT2D eigenvalue weighted by atomic mass is 10.2. The van der Waals surface area contributed by atoms with Crippen LogP contribution >= 0.6 is 0 Å². The lowest BCUT2D eigenvalue weighted by Gasteiger charge is -2.12. The Balaban J connectivity index is 2.62. The highest BCUT2D eigenvalue weighted by Crippen LogP contribution is 2.23. The van der Waals surface area contributed by atoms with Crippen molar-refractivity contribution in [1.82, 2.24) is 5.32 Å². The summed E-state index contributed by atoms with van der Waals surface area (Å²) in [5.41, 5.74) is 0.408. The van der Waals surface area contributed by atoms with Crippen molar-refractivity contribution in [3.63, 3.8) is 0 Å². The molecule has 0 radical (unpaired) electrons. The Hall–Kier alpha value is -2.28. The monoisotopic (exact) mass is 325 g/mol. The SMILES string of the molecule is CCOc1cc(OCC)cc(C(=O)NCCOC(C)C(=O)O)c1. The van der Waals surface area contributed by atoms with Gasteiger partial charge in [-0.3, -0.25) is 4.79 Å². The third-order valence-corrected chi connectivity index (χ3v) is 2.87. The van der Waals surface area contributed by atoms with Crippen LogP contribution in [0.2, 0.25) is 0 Å². The van der Waals surface area contributed by atoms with Crippen LogP contribution in [0, 0.1) is 0 Å². The molecular formula is C16H23NO6. The van der Waals surface area contributed by atoms with Crippen molar-refractivity contribution in [3.8, 4) is 11.5 Å². The molecule has 128 valence electrons. The number of carboxylic acids is 1. The van der Waals surface area contributed by atoms with Crippen LogP contribution in [0.5, 0.6) is 11.5 Å². The second-order valence-electron chi connectivity index (χ2n) is 4.67. The number of benzene rings is 1. The summed E-state index contributed by atoms with van der Waals surface area (Å²) in [6.45, 7) is 6.43. The maximum Gasteiger partial charge on any atom is 0.332 e. The third kappa shape index (κ3) is 6.56. The molecule has 0 aliphatic carbocycles. The molecule has 0 aromatic heterocycles. The molecule has 2 N–H and O–H groups in total. The van der Waals surface area contributed by atoms with E-state index < -0.39 is 12.1 Å². The Kier molecular flexibility index (Phi) is 7.90. The molecule has 0 heterocycles. The van der Waals surface area contributed by atoms with Crippen LogP contribution in [-0.4, -0.2) is 49.5 Å². The summed E-state index contributed by atoms with van der Waals surface area (Å²) in [6, 6.07) is 4.98. The standard InChI is InChI=1S/C16H23NO6/c1-4-21-13-8-12(9-14(10-13)22-5-2)15(18)17-6-7-23-11(3)16(19)20/h8-11H,4-7H2,1-3H3,(H,17,18)(H,19,20). The number of ether oxygens (including phenoxy) is 3. The fraction of sp³-hybridized carbons (Fsp3) is 0.500. The smallest absolute Gasteiger partial charge is 0.332 e. The maximum atomic E-state index is 12.1. The van der Waals surface area contributed by atoms with E-state index in [1.807, 2.05) is 13.8 Å². The van der Waals surface area contributed by atoms with Gasteiger partial charge in [0.15, 0.2) is 6.10 Å². The first kappa shape index (κ1) is 18.8. The minimum absolute atomic E-state index is 0.114. The van der Waals surface area contributed by atoms with E-state index in [2.05, 4.69) is 5.32 Å². The van der Waals surface area contributed by atoms with Crippen LogP contribution < -0.4 is 14.8 Å². The molecule has 0 bridgehead atoms. The summed E-state index contributed by atoms with van der Waals surface area (Å²) in [6.07, 6.45) is -0.905. The Morgan fingerprint density at radius 2 is 1.70 bits per heavy atom. The van der Waals surface area contributed by atoms with Crippen LogP contribution in [-0.2, 0) is 9.53 Å². The van der Waals surface area contributed by atoms with Crippen molar-refractivity contribution >= 4 is 11.9 Å². The predicted octanol–water partition coefficient (Wildman–Crippen LogP) is 1.70. The van der Waals surface area contributed by atoms with Crippen molar-refractivity contribution in [2.24, 2.45) is 0 Å². The molecule has 1 amide bonds. The van der Waals surface area contributed by atoms with Gasteiger partial charge in [0.25, 0.3) is 5.91 Å². The second kappa shape index (κ2) is 9.68. The van der Waals surface area contributed by atoms with Crippen molar-refractivity contribution in [2.45, 2.75) is 26.9 Å². The van der Waals surface area contributed by atoms with Crippen molar-refractivity contribution < 1.29 is 28.9 Å². The number of aliphatic carboxylic acids is 1. The zero-order valence-electron chi connectivity index (χ0n) is 13.6. The third-order valence-electron chi connectivity index (χ3n) is 2.87. The minimum atomic E-state index is -1.04. The predicted molar refractivity (Wildman–Crippen MR) is 84.2 cm³/mol. The Labute approximate surface area is 135 Å². The van der Waals surface area contributed by atoms with E-state index >= 15 is 0 Å². The first-order chi connectivity index (χ1) is 11.0. The largest absolute Gasteiger partial charge is 0.494 e. The molecule has 0 saturated heterocycles. The number of carbonyl (C=O) groups excluding carboxylic acids is 1. The van der Waals surface area contributed by atoms with E-state index in [0.29, 0.717) is 30.3 Å². The van der Waals surface area contributed by atoms with Gasteiger partial charge in [0.05, 0.1) is 19.8 Å². The molecule has 1 unspecified atom stereocenters. The lowest BCUT2D eigenvalue weighted by molar-refractivity contribution is -0.148. The van der Waals surface area contributed by atoms with Gasteiger partial charge in [0.1, 0.15) is 11.5 Å². The Bertz CT molecular complexity index is 507. The van der Waals surface area contributed by atoms with Gasteiger partial charge in [-0.05, 0) is 32.9 Å². The molecule has 1 rings (SSSR count). The summed E-state index contributed by atoms with van der Waals surface area (Å²) in [5, 5.41) is 11.4. The maximum absolute atomic E-state index is 12.1. The highest BCUT2D eigenvalue weighted by molar-refractivity contribution is 5.95. The molecule has 0 aliphatic heterocycles. The van der Waals surface area contributed by atoms with Gasteiger partial charge in [-0.25, -0.2) is 4.79 Å². The van der Waals surface area contributed by atoms with Gasteiger partial charge in [-0.15, -0.1) is 0 Å². The molecule has 0 fully saturated rings. The van der Waals surface area contributed by atoms with E-state index in [1.54, 1.807) is 18.2 Å². The average molecular weight is 325 g/mol. The first-order valence-corrected chi connectivity index (χ1v) is 7.51. The number of hydrogen-bond donors (Lipinski definition) is 2. The summed E-state index contributed by atoms with van der Waals surface area (Å²) in [5.74, 6) is -0.236. The van der Waals surface area contributed by atoms with E-state index in [4.69, 9.17) is 19.3 Å². The van der Waals surface area contributed by atoms with E-state index in [0.717, 1.165) is 0 Å². The van der Waals surface area contributed by atoms with E-state index in [1.165, 1.54) is 6.92 Å². The van der Waals surface area contributed by atoms with Crippen LogP contribution in [0.25, 0.3) is 0 Å². The number of hydrogen-bond acceptors (Lipinski definition) is 5. The summed E-state index contributed by atoms with van der Waals surface area (Å²) >= 11 is 0. The zero-order chi connectivity index (χ0) is 17.2. The average Bonchev–Trinajstić information content (AvgIpc) is 2.51. The molecule has 1 aromatic rings. The van der Waals surface area contributed by atoms with Gasteiger partial charge in [0, 0.05) is 18.2 Å². The topological polar surface area (TPSA) is 94.1 Å². The fourth-order valence-corrected chi connectivity index (χ4v) is 1.78. The van der Waals surface area contributed by atoms with Gasteiger partial charge in [0.2, 0.25) is 0 Å². The molecule has 23 heavy (non-hydrogen) atoms. The molecule has 1 aromatic carbocycles. The van der Waals surface area contributed by atoms with E-state index in [-0.39, 0.29) is 19.1 Å². The first-order valence-electron chi connectivity index (χ1n) is 7.51.